The number of urea groups is 1. The van der Waals surface area contributed by atoms with E-state index in [4.69, 9.17) is 0 Å². The standard InChI is InChI=1S/C28H25N3O3S/c32-25(31-22-14-6-7-15-24(22)35-18-23(31)20-10-2-1-3-11-20)17-30-26(33)28(29-27(30)34)16-8-12-19-9-4-5-13-21(19)28/h1-7,9-11,13-15,23H,8,12,16-18H2,(H,29,34). The Labute approximate surface area is 208 Å². The highest BCUT2D eigenvalue weighted by atomic mass is 32.2. The summed E-state index contributed by atoms with van der Waals surface area (Å²) in [4.78, 5) is 44.6. The third-order valence-electron chi connectivity index (χ3n) is 7.23. The van der Waals surface area contributed by atoms with Gasteiger partial charge in [0.2, 0.25) is 5.91 Å². The maximum absolute atomic E-state index is 13.9. The molecular weight excluding hydrogens is 458 g/mol. The number of imide groups is 1. The number of aryl methyl sites for hydroxylation is 1. The van der Waals surface area contributed by atoms with Crippen molar-refractivity contribution in [2.45, 2.75) is 35.7 Å². The molecule has 1 aliphatic carbocycles. The lowest BCUT2D eigenvalue weighted by Gasteiger charge is -2.38. The van der Waals surface area contributed by atoms with Gasteiger partial charge in [-0.25, -0.2) is 4.79 Å². The van der Waals surface area contributed by atoms with Crippen molar-refractivity contribution in [3.8, 4) is 0 Å². The Kier molecular flexibility index (Phi) is 5.37. The molecule has 35 heavy (non-hydrogen) atoms. The Hall–Kier alpha value is -3.58. The van der Waals surface area contributed by atoms with E-state index in [2.05, 4.69) is 5.32 Å². The fourth-order valence-electron chi connectivity index (χ4n) is 5.58. The van der Waals surface area contributed by atoms with E-state index >= 15 is 0 Å². The van der Waals surface area contributed by atoms with Crippen molar-refractivity contribution in [2.24, 2.45) is 0 Å². The summed E-state index contributed by atoms with van der Waals surface area (Å²) < 4.78 is 0. The quantitative estimate of drug-likeness (QED) is 0.551. The molecule has 6 rings (SSSR count). The molecule has 1 saturated heterocycles. The fraction of sp³-hybridized carbons (Fsp3) is 0.250. The molecule has 176 valence electrons. The van der Waals surface area contributed by atoms with E-state index in [0.717, 1.165) is 45.0 Å². The molecule has 3 aromatic rings. The van der Waals surface area contributed by atoms with E-state index < -0.39 is 11.6 Å². The number of fused-ring (bicyclic) bond motifs is 3. The normalized spacial score (nSPS) is 23.1. The molecule has 1 spiro atoms. The van der Waals surface area contributed by atoms with Gasteiger partial charge in [0.1, 0.15) is 12.1 Å². The first-order valence-corrected chi connectivity index (χ1v) is 12.9. The van der Waals surface area contributed by atoms with Crippen LogP contribution >= 0.6 is 11.8 Å². The van der Waals surface area contributed by atoms with E-state index in [-0.39, 0.29) is 24.4 Å². The van der Waals surface area contributed by atoms with Crippen LogP contribution in [-0.2, 0) is 21.5 Å². The van der Waals surface area contributed by atoms with E-state index in [1.54, 1.807) is 16.7 Å². The molecule has 7 heteroatoms. The van der Waals surface area contributed by atoms with Crippen molar-refractivity contribution in [1.82, 2.24) is 10.2 Å². The average Bonchev–Trinajstić information content (AvgIpc) is 3.13. The lowest BCUT2D eigenvalue weighted by Crippen LogP contribution is -2.48. The zero-order chi connectivity index (χ0) is 24.0. The molecule has 1 fully saturated rings. The number of carbonyl (C=O) groups is 3. The minimum atomic E-state index is -1.08. The van der Waals surface area contributed by atoms with E-state index in [1.807, 2.05) is 78.9 Å². The highest BCUT2D eigenvalue weighted by Crippen LogP contribution is 2.44. The first-order chi connectivity index (χ1) is 17.1. The average molecular weight is 484 g/mol. The Morgan fingerprint density at radius 2 is 1.71 bits per heavy atom. The number of para-hydroxylation sites is 1. The number of rotatable bonds is 3. The van der Waals surface area contributed by atoms with Crippen LogP contribution < -0.4 is 10.2 Å². The van der Waals surface area contributed by atoms with Crippen LogP contribution in [0, 0.1) is 0 Å². The van der Waals surface area contributed by atoms with Gasteiger partial charge in [0.25, 0.3) is 5.91 Å². The highest BCUT2D eigenvalue weighted by molar-refractivity contribution is 7.99. The molecule has 6 nitrogen and oxygen atoms in total. The summed E-state index contributed by atoms with van der Waals surface area (Å²) in [7, 11) is 0. The summed E-state index contributed by atoms with van der Waals surface area (Å²) >= 11 is 1.71. The van der Waals surface area contributed by atoms with Crippen LogP contribution in [0.1, 0.15) is 35.6 Å². The lowest BCUT2D eigenvalue weighted by atomic mass is 9.76. The summed E-state index contributed by atoms with van der Waals surface area (Å²) in [5.41, 5.74) is 2.68. The second kappa shape index (κ2) is 8.57. The zero-order valence-electron chi connectivity index (χ0n) is 19.1. The predicted molar refractivity (Wildman–Crippen MR) is 135 cm³/mol. The molecule has 0 bridgehead atoms. The number of amides is 4. The number of benzene rings is 3. The van der Waals surface area contributed by atoms with Gasteiger partial charge in [-0.1, -0.05) is 66.7 Å². The van der Waals surface area contributed by atoms with Gasteiger partial charge in [0.15, 0.2) is 0 Å². The zero-order valence-corrected chi connectivity index (χ0v) is 20.0. The number of anilines is 1. The minimum Gasteiger partial charge on any atom is -0.319 e. The third kappa shape index (κ3) is 3.53. The summed E-state index contributed by atoms with van der Waals surface area (Å²) in [6.45, 7) is -0.295. The van der Waals surface area contributed by atoms with Crippen LogP contribution in [0.3, 0.4) is 0 Å². The van der Waals surface area contributed by atoms with E-state index in [0.29, 0.717) is 12.2 Å². The second-order valence-electron chi connectivity index (χ2n) is 9.21. The Balaban J connectivity index is 1.33. The summed E-state index contributed by atoms with van der Waals surface area (Å²) in [6.07, 6.45) is 2.22. The number of nitrogens with zero attached hydrogens (tertiary/aromatic N) is 2. The predicted octanol–water partition coefficient (Wildman–Crippen LogP) is 4.65. The number of thioether (sulfide) groups is 1. The van der Waals surface area contributed by atoms with Crippen LogP contribution in [0.25, 0.3) is 0 Å². The van der Waals surface area contributed by atoms with Crippen LogP contribution in [-0.4, -0.2) is 35.0 Å². The molecule has 0 aromatic heterocycles. The van der Waals surface area contributed by atoms with Crippen LogP contribution in [0.15, 0.2) is 83.8 Å². The smallest absolute Gasteiger partial charge is 0.319 e. The molecule has 0 radical (unpaired) electrons. The molecule has 3 aliphatic rings. The van der Waals surface area contributed by atoms with Crippen molar-refractivity contribution in [3.05, 3.63) is 95.6 Å². The van der Waals surface area contributed by atoms with Crippen LogP contribution in [0.2, 0.25) is 0 Å². The van der Waals surface area contributed by atoms with Gasteiger partial charge in [-0.2, -0.15) is 0 Å². The maximum atomic E-state index is 13.9. The monoisotopic (exact) mass is 483 g/mol. The number of carbonyl (C=O) groups excluding carboxylic acids is 3. The molecule has 4 amide bonds. The molecule has 2 atom stereocenters. The summed E-state index contributed by atoms with van der Waals surface area (Å²) in [5, 5.41) is 2.96. The number of hydrogen-bond donors (Lipinski definition) is 1. The summed E-state index contributed by atoms with van der Waals surface area (Å²) in [6, 6.07) is 24.8. The van der Waals surface area contributed by atoms with Gasteiger partial charge in [0, 0.05) is 10.6 Å². The van der Waals surface area contributed by atoms with E-state index in [9.17, 15) is 14.4 Å². The molecule has 2 unspecified atom stereocenters. The van der Waals surface area contributed by atoms with Crippen LogP contribution in [0.4, 0.5) is 10.5 Å². The van der Waals surface area contributed by atoms with Crippen molar-refractivity contribution in [2.75, 3.05) is 17.2 Å². The SMILES string of the molecule is O=C1NC2(CCCc3ccccc32)C(=O)N1CC(=O)N1c2ccccc2SCC1c1ccccc1. The van der Waals surface area contributed by atoms with Crippen molar-refractivity contribution in [1.29, 1.82) is 0 Å². The topological polar surface area (TPSA) is 69.7 Å². The minimum absolute atomic E-state index is 0.186. The molecule has 2 heterocycles. The second-order valence-corrected chi connectivity index (χ2v) is 10.3. The van der Waals surface area contributed by atoms with E-state index in [1.165, 1.54) is 0 Å². The van der Waals surface area contributed by atoms with Gasteiger partial charge in [-0.3, -0.25) is 14.5 Å². The van der Waals surface area contributed by atoms with Crippen molar-refractivity contribution < 1.29 is 14.4 Å². The van der Waals surface area contributed by atoms with Gasteiger partial charge >= 0.3 is 6.03 Å². The van der Waals surface area contributed by atoms with Crippen molar-refractivity contribution in [3.63, 3.8) is 0 Å². The Morgan fingerprint density at radius 1 is 0.971 bits per heavy atom. The largest absolute Gasteiger partial charge is 0.325 e. The summed E-state index contributed by atoms with van der Waals surface area (Å²) in [5.74, 6) is 0.0969. The van der Waals surface area contributed by atoms with Crippen LogP contribution in [0.5, 0.6) is 0 Å². The third-order valence-corrected chi connectivity index (χ3v) is 8.37. The molecule has 0 saturated carbocycles. The van der Waals surface area contributed by atoms with Gasteiger partial charge in [-0.15, -0.1) is 11.8 Å². The molecule has 3 aromatic carbocycles. The highest BCUT2D eigenvalue weighted by Gasteiger charge is 2.54. The molecule has 1 N–H and O–H groups in total. The van der Waals surface area contributed by atoms with Gasteiger partial charge < -0.3 is 10.2 Å². The number of nitrogens with one attached hydrogen (secondary N) is 1. The Morgan fingerprint density at radius 3 is 2.57 bits per heavy atom. The number of hydrogen-bond acceptors (Lipinski definition) is 4. The Bertz CT molecular complexity index is 1330. The lowest BCUT2D eigenvalue weighted by molar-refractivity contribution is -0.135. The first kappa shape index (κ1) is 21.9. The fourth-order valence-corrected chi connectivity index (χ4v) is 6.75. The van der Waals surface area contributed by atoms with Crippen molar-refractivity contribution >= 4 is 35.3 Å². The molecular formula is C28H25N3O3S. The van der Waals surface area contributed by atoms with Gasteiger partial charge in [-0.05, 0) is 48.1 Å². The molecule has 2 aliphatic heterocycles. The van der Waals surface area contributed by atoms with Gasteiger partial charge in [0.05, 0.1) is 11.7 Å². The first-order valence-electron chi connectivity index (χ1n) is 11.9. The maximum Gasteiger partial charge on any atom is 0.325 e.